The topological polar surface area (TPSA) is 22.1 Å². The number of alkyl halides is 3. The summed E-state index contributed by atoms with van der Waals surface area (Å²) in [6, 6.07) is 6.66. The Morgan fingerprint density at radius 2 is 1.94 bits per heavy atom. The van der Waals surface area contributed by atoms with Crippen LogP contribution in [0.4, 0.5) is 13.2 Å². The fraction of sp³-hybridized carbons (Fsp3) is 0.100. The first-order chi connectivity index (χ1) is 7.47. The summed E-state index contributed by atoms with van der Waals surface area (Å²) in [6.07, 6.45) is -3.47. The molecule has 0 aliphatic carbocycles. The summed E-state index contributed by atoms with van der Waals surface area (Å²) in [5, 5.41) is 0.936. The van der Waals surface area contributed by atoms with Gasteiger partial charge < -0.3 is 4.74 Å². The monoisotopic (exact) mass is 291 g/mol. The van der Waals surface area contributed by atoms with Crippen molar-refractivity contribution in [2.75, 3.05) is 0 Å². The van der Waals surface area contributed by atoms with E-state index in [1.54, 1.807) is 24.3 Å². The van der Waals surface area contributed by atoms with Crippen LogP contribution in [-0.4, -0.2) is 11.3 Å². The molecule has 0 bridgehead atoms. The predicted octanol–water partition coefficient (Wildman–Crippen LogP) is 3.90. The number of hydrogen-bond acceptors (Lipinski definition) is 2. The Hall–Kier alpha value is -1.30. The highest BCUT2D eigenvalue weighted by atomic mass is 79.9. The van der Waals surface area contributed by atoms with Crippen molar-refractivity contribution >= 4 is 26.7 Å². The highest BCUT2D eigenvalue weighted by Crippen LogP contribution is 2.33. The summed E-state index contributed by atoms with van der Waals surface area (Å²) in [5.74, 6) is -0.447. The van der Waals surface area contributed by atoms with Gasteiger partial charge in [0.25, 0.3) is 0 Å². The smallest absolute Gasteiger partial charge is 0.387 e. The van der Waals surface area contributed by atoms with E-state index in [9.17, 15) is 13.2 Å². The number of fused-ring (bicyclic) bond motifs is 1. The van der Waals surface area contributed by atoms with Crippen LogP contribution in [0.25, 0.3) is 10.8 Å². The van der Waals surface area contributed by atoms with Crippen molar-refractivity contribution < 1.29 is 17.9 Å². The fourth-order valence-corrected chi connectivity index (χ4v) is 1.89. The molecule has 1 aromatic carbocycles. The number of ether oxygens (including phenoxy) is 1. The third-order valence-electron chi connectivity index (χ3n) is 1.92. The molecule has 0 unspecified atom stereocenters. The maximum Gasteiger partial charge on any atom is 0.574 e. The Morgan fingerprint density at radius 1 is 1.19 bits per heavy atom. The van der Waals surface area contributed by atoms with E-state index < -0.39 is 12.2 Å². The van der Waals surface area contributed by atoms with Crippen molar-refractivity contribution in [1.82, 2.24) is 4.98 Å². The third kappa shape index (κ3) is 2.27. The Morgan fingerprint density at radius 3 is 2.62 bits per heavy atom. The van der Waals surface area contributed by atoms with Gasteiger partial charge in [0.05, 0.1) is 5.39 Å². The zero-order valence-corrected chi connectivity index (χ0v) is 9.34. The number of hydrogen-bond donors (Lipinski definition) is 0. The number of nitrogens with zero attached hydrogens (tertiary/aromatic N) is 1. The summed E-state index contributed by atoms with van der Waals surface area (Å²) in [4.78, 5) is 3.58. The van der Waals surface area contributed by atoms with Crippen molar-refractivity contribution in [3.8, 4) is 5.88 Å². The second-order valence-electron chi connectivity index (χ2n) is 3.00. The van der Waals surface area contributed by atoms with Crippen molar-refractivity contribution in [2.45, 2.75) is 6.36 Å². The first-order valence-corrected chi connectivity index (χ1v) is 5.06. The van der Waals surface area contributed by atoms with Gasteiger partial charge in [-0.1, -0.05) is 12.1 Å². The average Bonchev–Trinajstić information content (AvgIpc) is 2.15. The predicted molar refractivity (Wildman–Crippen MR) is 56.1 cm³/mol. The SMILES string of the molecule is FC(F)(F)Oc1nccc2cccc(Br)c12. The van der Waals surface area contributed by atoms with Gasteiger partial charge in [-0.3, -0.25) is 0 Å². The molecule has 16 heavy (non-hydrogen) atoms. The van der Waals surface area contributed by atoms with Gasteiger partial charge in [-0.15, -0.1) is 13.2 Å². The standard InChI is InChI=1S/C10H5BrF3NO/c11-7-3-1-2-6-4-5-15-9(8(6)7)16-10(12,13)14/h1-5H. The van der Waals surface area contributed by atoms with Crippen LogP contribution < -0.4 is 4.74 Å². The molecule has 2 rings (SSSR count). The van der Waals surface area contributed by atoms with Crippen molar-refractivity contribution in [3.63, 3.8) is 0 Å². The van der Waals surface area contributed by atoms with E-state index in [1.807, 2.05) is 0 Å². The van der Waals surface area contributed by atoms with Crippen LogP contribution in [0.2, 0.25) is 0 Å². The van der Waals surface area contributed by atoms with E-state index in [1.165, 1.54) is 6.20 Å². The molecule has 2 aromatic rings. The van der Waals surface area contributed by atoms with Crippen LogP contribution in [0, 0.1) is 0 Å². The lowest BCUT2D eigenvalue weighted by Crippen LogP contribution is -2.18. The van der Waals surface area contributed by atoms with Gasteiger partial charge in [-0.2, -0.15) is 0 Å². The summed E-state index contributed by atoms with van der Waals surface area (Å²) in [5.41, 5.74) is 0. The van der Waals surface area contributed by atoms with Crippen LogP contribution in [-0.2, 0) is 0 Å². The number of halogens is 4. The summed E-state index contributed by atoms with van der Waals surface area (Å²) < 4.78 is 40.7. The minimum Gasteiger partial charge on any atom is -0.387 e. The summed E-state index contributed by atoms with van der Waals surface area (Å²) >= 11 is 3.17. The molecule has 2 nitrogen and oxygen atoms in total. The molecule has 0 fully saturated rings. The van der Waals surface area contributed by atoms with E-state index in [0.717, 1.165) is 0 Å². The lowest BCUT2D eigenvalue weighted by molar-refractivity contribution is -0.275. The molecule has 0 aliphatic rings. The van der Waals surface area contributed by atoms with Gasteiger partial charge in [-0.05, 0) is 33.4 Å². The third-order valence-corrected chi connectivity index (χ3v) is 2.58. The van der Waals surface area contributed by atoms with Crippen LogP contribution in [0.15, 0.2) is 34.9 Å². The van der Waals surface area contributed by atoms with Gasteiger partial charge >= 0.3 is 6.36 Å². The molecule has 0 spiro atoms. The molecule has 0 radical (unpaired) electrons. The van der Waals surface area contributed by atoms with Crippen molar-refractivity contribution in [3.05, 3.63) is 34.9 Å². The van der Waals surface area contributed by atoms with Gasteiger partial charge in [0.2, 0.25) is 5.88 Å². The van der Waals surface area contributed by atoms with Crippen molar-refractivity contribution in [1.29, 1.82) is 0 Å². The molecule has 0 amide bonds. The van der Waals surface area contributed by atoms with E-state index in [4.69, 9.17) is 0 Å². The average molecular weight is 292 g/mol. The molecule has 1 aromatic heterocycles. The first kappa shape index (κ1) is 11.2. The molecular formula is C10H5BrF3NO. The maximum atomic E-state index is 12.1. The molecule has 0 atom stereocenters. The van der Waals surface area contributed by atoms with Crippen LogP contribution in [0.5, 0.6) is 5.88 Å². The van der Waals surface area contributed by atoms with Gasteiger partial charge in [-0.25, -0.2) is 4.98 Å². The zero-order chi connectivity index (χ0) is 11.8. The minimum absolute atomic E-state index is 0.308. The van der Waals surface area contributed by atoms with Gasteiger partial charge in [0.1, 0.15) is 0 Å². The molecule has 0 saturated carbocycles. The highest BCUT2D eigenvalue weighted by Gasteiger charge is 2.32. The Kier molecular flexibility index (Phi) is 2.75. The second-order valence-corrected chi connectivity index (χ2v) is 3.86. The normalized spacial score (nSPS) is 11.8. The van der Waals surface area contributed by atoms with Crippen LogP contribution >= 0.6 is 15.9 Å². The Balaban J connectivity index is 2.61. The molecule has 0 aliphatic heterocycles. The van der Waals surface area contributed by atoms with E-state index in [0.29, 0.717) is 15.2 Å². The Bertz CT molecular complexity index is 522. The molecular weight excluding hydrogens is 287 g/mol. The van der Waals surface area contributed by atoms with Crippen LogP contribution in [0.1, 0.15) is 0 Å². The fourth-order valence-electron chi connectivity index (χ4n) is 1.34. The number of benzene rings is 1. The highest BCUT2D eigenvalue weighted by molar-refractivity contribution is 9.10. The summed E-state index contributed by atoms with van der Waals surface area (Å²) in [7, 11) is 0. The zero-order valence-electron chi connectivity index (χ0n) is 7.75. The molecule has 0 saturated heterocycles. The van der Waals surface area contributed by atoms with E-state index in [2.05, 4.69) is 25.7 Å². The molecule has 84 valence electrons. The first-order valence-electron chi connectivity index (χ1n) is 4.26. The van der Waals surface area contributed by atoms with Crippen LogP contribution in [0.3, 0.4) is 0 Å². The van der Waals surface area contributed by atoms with E-state index in [-0.39, 0.29) is 0 Å². The number of pyridine rings is 1. The maximum absolute atomic E-state index is 12.1. The molecule has 0 N–H and O–H groups in total. The number of rotatable bonds is 1. The quantitative estimate of drug-likeness (QED) is 0.795. The van der Waals surface area contributed by atoms with Crippen molar-refractivity contribution in [2.24, 2.45) is 0 Å². The molecule has 6 heteroatoms. The lowest BCUT2D eigenvalue weighted by atomic mass is 10.2. The lowest BCUT2D eigenvalue weighted by Gasteiger charge is -2.10. The molecule has 1 heterocycles. The van der Waals surface area contributed by atoms with Gasteiger partial charge in [0.15, 0.2) is 0 Å². The second kappa shape index (κ2) is 3.93. The van der Waals surface area contributed by atoms with E-state index >= 15 is 0 Å². The Labute approximate surface area is 97.2 Å². The largest absolute Gasteiger partial charge is 0.574 e. The summed E-state index contributed by atoms with van der Waals surface area (Å²) in [6.45, 7) is 0. The van der Waals surface area contributed by atoms with Gasteiger partial charge in [0, 0.05) is 10.7 Å². The minimum atomic E-state index is -4.74. The number of aromatic nitrogens is 1.